The first-order chi connectivity index (χ1) is 10.4. The number of hydrogen-bond acceptors (Lipinski definition) is 1. The third-order valence-electron chi connectivity index (χ3n) is 5.24. The molecule has 1 saturated heterocycles. The van der Waals surface area contributed by atoms with Gasteiger partial charge in [-0.3, -0.25) is 4.90 Å². The van der Waals surface area contributed by atoms with E-state index in [1.54, 1.807) is 12.1 Å². The molecule has 2 aliphatic rings. The van der Waals surface area contributed by atoms with Crippen molar-refractivity contribution in [3.63, 3.8) is 0 Å². The van der Waals surface area contributed by atoms with Crippen molar-refractivity contribution in [3.05, 3.63) is 35.6 Å². The molecule has 1 aromatic carbocycles. The normalized spacial score (nSPS) is 30.1. The van der Waals surface area contributed by atoms with Gasteiger partial charge >= 0.3 is 6.18 Å². The van der Waals surface area contributed by atoms with Gasteiger partial charge in [0.25, 0.3) is 0 Å². The van der Waals surface area contributed by atoms with Crippen molar-refractivity contribution in [1.82, 2.24) is 4.90 Å². The molecule has 1 saturated carbocycles. The van der Waals surface area contributed by atoms with E-state index in [1.807, 2.05) is 0 Å². The van der Waals surface area contributed by atoms with Crippen LogP contribution in [0.1, 0.15) is 37.7 Å². The second kappa shape index (κ2) is 5.84. The lowest BCUT2D eigenvalue weighted by molar-refractivity contribution is -0.191. The van der Waals surface area contributed by atoms with Crippen molar-refractivity contribution in [1.29, 1.82) is 0 Å². The Balaban J connectivity index is 1.62. The number of alkyl halides is 3. The van der Waals surface area contributed by atoms with Crippen molar-refractivity contribution >= 4 is 0 Å². The molecule has 0 N–H and O–H groups in total. The standard InChI is InChI=1S/C17H21F4N/c18-15-5-3-13(4-6-15)11-22-9-8-16(12-22)7-1-2-14(10-16)17(19,20)21/h3-6,14H,1-2,7-12H2/t14-,16+/m0/s1. The summed E-state index contributed by atoms with van der Waals surface area (Å²) in [5.74, 6) is -1.39. The Kier molecular flexibility index (Phi) is 4.19. The summed E-state index contributed by atoms with van der Waals surface area (Å²) in [4.78, 5) is 2.21. The van der Waals surface area contributed by atoms with Crippen LogP contribution in [0.25, 0.3) is 0 Å². The van der Waals surface area contributed by atoms with Gasteiger partial charge in [-0.25, -0.2) is 4.39 Å². The van der Waals surface area contributed by atoms with Crippen LogP contribution >= 0.6 is 0 Å². The van der Waals surface area contributed by atoms with Crippen molar-refractivity contribution < 1.29 is 17.6 Å². The minimum absolute atomic E-state index is 0.168. The molecule has 0 bridgehead atoms. The number of rotatable bonds is 2. The van der Waals surface area contributed by atoms with Gasteiger partial charge in [-0.2, -0.15) is 13.2 Å². The van der Waals surface area contributed by atoms with Crippen LogP contribution in [0.15, 0.2) is 24.3 Å². The predicted octanol–water partition coefficient (Wildman–Crippen LogP) is 4.77. The molecule has 1 aliphatic carbocycles. The topological polar surface area (TPSA) is 3.24 Å². The SMILES string of the molecule is Fc1ccc(CN2CC[C@@]3(CCC[C@H](C(F)(F)F)C3)C2)cc1. The molecule has 1 spiro atoms. The summed E-state index contributed by atoms with van der Waals surface area (Å²) >= 11 is 0. The van der Waals surface area contributed by atoms with Crippen molar-refractivity contribution in [2.75, 3.05) is 13.1 Å². The molecule has 2 atom stereocenters. The highest BCUT2D eigenvalue weighted by Crippen LogP contribution is 2.50. The Morgan fingerprint density at radius 1 is 1.14 bits per heavy atom. The molecule has 0 amide bonds. The largest absolute Gasteiger partial charge is 0.391 e. The van der Waals surface area contributed by atoms with Gasteiger partial charge in [0.2, 0.25) is 0 Å². The Labute approximate surface area is 128 Å². The molecule has 1 heterocycles. The van der Waals surface area contributed by atoms with E-state index in [1.165, 1.54) is 12.1 Å². The first-order valence-electron chi connectivity index (χ1n) is 7.90. The second-order valence-corrected chi connectivity index (χ2v) is 6.92. The van der Waals surface area contributed by atoms with E-state index in [4.69, 9.17) is 0 Å². The number of nitrogens with zero attached hydrogens (tertiary/aromatic N) is 1. The van der Waals surface area contributed by atoms with E-state index in [0.29, 0.717) is 13.0 Å². The highest BCUT2D eigenvalue weighted by atomic mass is 19.4. The average Bonchev–Trinajstić information content (AvgIpc) is 2.83. The van der Waals surface area contributed by atoms with Gasteiger partial charge in [-0.1, -0.05) is 18.6 Å². The van der Waals surface area contributed by atoms with Crippen LogP contribution in [-0.4, -0.2) is 24.2 Å². The minimum Gasteiger partial charge on any atom is -0.299 e. The minimum atomic E-state index is -4.06. The predicted molar refractivity (Wildman–Crippen MR) is 76.7 cm³/mol. The zero-order valence-electron chi connectivity index (χ0n) is 12.5. The van der Waals surface area contributed by atoms with Gasteiger partial charge in [-0.05, 0) is 55.3 Å². The van der Waals surface area contributed by atoms with Gasteiger partial charge in [0.05, 0.1) is 5.92 Å². The van der Waals surface area contributed by atoms with E-state index in [0.717, 1.165) is 31.5 Å². The molecule has 0 aromatic heterocycles. The highest BCUT2D eigenvalue weighted by molar-refractivity contribution is 5.16. The maximum atomic E-state index is 13.0. The van der Waals surface area contributed by atoms with E-state index in [-0.39, 0.29) is 24.1 Å². The number of hydrogen-bond donors (Lipinski definition) is 0. The van der Waals surface area contributed by atoms with Gasteiger partial charge < -0.3 is 0 Å². The van der Waals surface area contributed by atoms with Gasteiger partial charge in [0.1, 0.15) is 5.82 Å². The van der Waals surface area contributed by atoms with Crippen molar-refractivity contribution in [3.8, 4) is 0 Å². The van der Waals surface area contributed by atoms with Crippen LogP contribution in [-0.2, 0) is 6.54 Å². The van der Waals surface area contributed by atoms with Crippen LogP contribution in [0.2, 0.25) is 0 Å². The first kappa shape index (κ1) is 15.8. The fourth-order valence-corrected chi connectivity index (χ4v) is 4.11. The van der Waals surface area contributed by atoms with E-state index in [9.17, 15) is 17.6 Å². The summed E-state index contributed by atoms with van der Waals surface area (Å²) < 4.78 is 52.0. The maximum Gasteiger partial charge on any atom is 0.391 e. The summed E-state index contributed by atoms with van der Waals surface area (Å²) in [6.07, 6.45) is -1.08. The summed E-state index contributed by atoms with van der Waals surface area (Å²) in [7, 11) is 0. The Bertz CT molecular complexity index is 510. The molecule has 3 rings (SSSR count). The monoisotopic (exact) mass is 315 g/mol. The first-order valence-corrected chi connectivity index (χ1v) is 7.90. The van der Waals surface area contributed by atoms with Crippen LogP contribution in [0.5, 0.6) is 0 Å². The number of likely N-dealkylation sites (tertiary alicyclic amines) is 1. The molecule has 122 valence electrons. The summed E-state index contributed by atoms with van der Waals surface area (Å²) in [6.45, 7) is 2.26. The van der Waals surface area contributed by atoms with E-state index < -0.39 is 12.1 Å². The van der Waals surface area contributed by atoms with Crippen LogP contribution < -0.4 is 0 Å². The van der Waals surface area contributed by atoms with E-state index >= 15 is 0 Å². The van der Waals surface area contributed by atoms with Gasteiger partial charge in [0.15, 0.2) is 0 Å². The summed E-state index contributed by atoms with van der Waals surface area (Å²) in [5.41, 5.74) is 0.847. The maximum absolute atomic E-state index is 13.0. The van der Waals surface area contributed by atoms with Gasteiger partial charge in [0, 0.05) is 13.1 Å². The molecule has 1 nitrogen and oxygen atoms in total. The molecule has 5 heteroatoms. The quantitative estimate of drug-likeness (QED) is 0.711. The van der Waals surface area contributed by atoms with Crippen molar-refractivity contribution in [2.45, 2.75) is 44.8 Å². The number of benzene rings is 1. The third kappa shape index (κ3) is 3.45. The molecule has 0 radical (unpaired) electrons. The van der Waals surface area contributed by atoms with Crippen molar-refractivity contribution in [2.24, 2.45) is 11.3 Å². The summed E-state index contributed by atoms with van der Waals surface area (Å²) in [6, 6.07) is 6.36. The lowest BCUT2D eigenvalue weighted by atomic mass is 9.69. The Morgan fingerprint density at radius 2 is 1.86 bits per heavy atom. The molecule has 22 heavy (non-hydrogen) atoms. The molecule has 1 aliphatic heterocycles. The van der Waals surface area contributed by atoms with Crippen LogP contribution in [0.4, 0.5) is 17.6 Å². The zero-order valence-corrected chi connectivity index (χ0v) is 12.5. The van der Waals surface area contributed by atoms with Crippen LogP contribution in [0.3, 0.4) is 0 Å². The molecular weight excluding hydrogens is 294 g/mol. The molecular formula is C17H21F4N. The fraction of sp³-hybridized carbons (Fsp3) is 0.647. The molecule has 1 aromatic rings. The second-order valence-electron chi connectivity index (χ2n) is 6.92. The van der Waals surface area contributed by atoms with E-state index in [2.05, 4.69) is 4.90 Å². The Hall–Kier alpha value is -1.10. The third-order valence-corrected chi connectivity index (χ3v) is 5.24. The zero-order chi connectivity index (χ0) is 15.8. The smallest absolute Gasteiger partial charge is 0.299 e. The lowest BCUT2D eigenvalue weighted by Gasteiger charge is -2.39. The molecule has 0 unspecified atom stereocenters. The fourth-order valence-electron chi connectivity index (χ4n) is 4.11. The van der Waals surface area contributed by atoms with Crippen LogP contribution in [0, 0.1) is 17.2 Å². The highest BCUT2D eigenvalue weighted by Gasteiger charge is 2.49. The molecule has 2 fully saturated rings. The Morgan fingerprint density at radius 3 is 2.55 bits per heavy atom. The average molecular weight is 315 g/mol. The lowest BCUT2D eigenvalue weighted by Crippen LogP contribution is -2.37. The number of halogens is 4. The summed E-state index contributed by atoms with van der Waals surface area (Å²) in [5, 5.41) is 0. The van der Waals surface area contributed by atoms with Gasteiger partial charge in [-0.15, -0.1) is 0 Å².